The van der Waals surface area contributed by atoms with Crippen molar-refractivity contribution in [2.75, 3.05) is 36.0 Å². The number of imide groups is 1. The third kappa shape index (κ3) is 3.15. The quantitative estimate of drug-likeness (QED) is 0.763. The van der Waals surface area contributed by atoms with Crippen LogP contribution >= 0.6 is 11.6 Å². The summed E-state index contributed by atoms with van der Waals surface area (Å²) in [6.07, 6.45) is 3.65. The van der Waals surface area contributed by atoms with E-state index in [9.17, 15) is 9.59 Å². The van der Waals surface area contributed by atoms with E-state index < -0.39 is 6.04 Å². The Morgan fingerprint density at radius 3 is 2.27 bits per heavy atom. The van der Waals surface area contributed by atoms with E-state index in [2.05, 4.69) is 19.8 Å². The fourth-order valence-electron chi connectivity index (χ4n) is 3.45. The van der Waals surface area contributed by atoms with E-state index in [1.807, 2.05) is 0 Å². The van der Waals surface area contributed by atoms with E-state index >= 15 is 0 Å². The number of carbonyl (C=O) groups is 2. The molecule has 7 nitrogen and oxygen atoms in total. The van der Waals surface area contributed by atoms with Crippen molar-refractivity contribution in [1.82, 2.24) is 14.9 Å². The Bertz CT molecular complexity index is 806. The summed E-state index contributed by atoms with van der Waals surface area (Å²) in [7, 11) is 0. The lowest BCUT2D eigenvalue weighted by Crippen LogP contribution is -2.53. The molecule has 4 rings (SSSR count). The van der Waals surface area contributed by atoms with E-state index in [0.29, 0.717) is 29.7 Å². The molecule has 0 radical (unpaired) electrons. The molecular formula is C18H18ClN5O2. The van der Waals surface area contributed by atoms with Gasteiger partial charge in [-0.1, -0.05) is 11.6 Å². The summed E-state index contributed by atoms with van der Waals surface area (Å²) in [4.78, 5) is 39.2. The van der Waals surface area contributed by atoms with Gasteiger partial charge in [-0.15, -0.1) is 0 Å². The molecule has 0 saturated carbocycles. The van der Waals surface area contributed by atoms with Gasteiger partial charge in [0, 0.05) is 43.6 Å². The van der Waals surface area contributed by atoms with Gasteiger partial charge in [0.25, 0.3) is 5.91 Å². The van der Waals surface area contributed by atoms with E-state index in [0.717, 1.165) is 13.1 Å². The highest BCUT2D eigenvalue weighted by molar-refractivity contribution is 6.30. The number of halogens is 1. The second kappa shape index (κ2) is 7.01. The van der Waals surface area contributed by atoms with Gasteiger partial charge < -0.3 is 4.90 Å². The first-order valence-corrected chi connectivity index (χ1v) is 8.89. The zero-order chi connectivity index (χ0) is 18.1. The van der Waals surface area contributed by atoms with E-state index in [1.165, 1.54) is 4.90 Å². The van der Waals surface area contributed by atoms with Crippen LogP contribution in [0.4, 0.5) is 11.6 Å². The van der Waals surface area contributed by atoms with E-state index in [1.54, 1.807) is 42.7 Å². The van der Waals surface area contributed by atoms with Crippen LogP contribution in [0.1, 0.15) is 6.42 Å². The number of rotatable bonds is 3. The lowest BCUT2D eigenvalue weighted by atomic mass is 10.2. The summed E-state index contributed by atoms with van der Waals surface area (Å²) < 4.78 is 0. The molecule has 1 aromatic heterocycles. The molecule has 0 aliphatic carbocycles. The molecule has 2 saturated heterocycles. The molecule has 1 atom stereocenters. The number of anilines is 2. The standard InChI is InChI=1S/C18H18ClN5O2/c19-13-2-4-14(5-3-13)24-16(25)12-15(17(24)26)22-8-10-23(11-9-22)18-20-6-1-7-21-18/h1-7,15H,8-12H2. The maximum Gasteiger partial charge on any atom is 0.251 e. The molecule has 1 aromatic carbocycles. The number of nitrogens with zero attached hydrogens (tertiary/aromatic N) is 5. The van der Waals surface area contributed by atoms with Crippen LogP contribution < -0.4 is 9.80 Å². The summed E-state index contributed by atoms with van der Waals surface area (Å²) in [6.45, 7) is 2.83. The monoisotopic (exact) mass is 371 g/mol. The Balaban J connectivity index is 1.44. The number of carbonyl (C=O) groups excluding carboxylic acids is 2. The molecular weight excluding hydrogens is 354 g/mol. The number of benzene rings is 1. The highest BCUT2D eigenvalue weighted by Crippen LogP contribution is 2.27. The van der Waals surface area contributed by atoms with Gasteiger partial charge in [0.05, 0.1) is 18.2 Å². The van der Waals surface area contributed by atoms with Crippen LogP contribution in [0.15, 0.2) is 42.7 Å². The first-order valence-electron chi connectivity index (χ1n) is 8.52. The highest BCUT2D eigenvalue weighted by Gasteiger charge is 2.43. The predicted octanol–water partition coefficient (Wildman–Crippen LogP) is 1.58. The molecule has 0 spiro atoms. The van der Waals surface area contributed by atoms with Gasteiger partial charge in [-0.05, 0) is 30.3 Å². The Hall–Kier alpha value is -2.51. The van der Waals surface area contributed by atoms with Crippen molar-refractivity contribution in [2.24, 2.45) is 0 Å². The van der Waals surface area contributed by atoms with Crippen molar-refractivity contribution in [1.29, 1.82) is 0 Å². The summed E-state index contributed by atoms with van der Waals surface area (Å²) >= 11 is 5.89. The number of aromatic nitrogens is 2. The van der Waals surface area contributed by atoms with Gasteiger partial charge in [-0.25, -0.2) is 14.9 Å². The van der Waals surface area contributed by atoms with E-state index in [4.69, 9.17) is 11.6 Å². The summed E-state index contributed by atoms with van der Waals surface area (Å²) in [5, 5.41) is 0.573. The van der Waals surface area contributed by atoms with Crippen LogP contribution in [-0.4, -0.2) is 58.9 Å². The SMILES string of the molecule is O=C1CC(N2CCN(c3ncccn3)CC2)C(=O)N1c1ccc(Cl)cc1. The summed E-state index contributed by atoms with van der Waals surface area (Å²) in [5.74, 6) is 0.363. The average Bonchev–Trinajstić information content (AvgIpc) is 2.98. The maximum absolute atomic E-state index is 12.8. The first kappa shape index (κ1) is 16.9. The first-order chi connectivity index (χ1) is 12.6. The molecule has 26 heavy (non-hydrogen) atoms. The molecule has 0 bridgehead atoms. The number of piperazine rings is 1. The molecule has 0 N–H and O–H groups in total. The number of hydrogen-bond acceptors (Lipinski definition) is 6. The minimum Gasteiger partial charge on any atom is -0.338 e. The van der Waals surface area contributed by atoms with Gasteiger partial charge in [0.2, 0.25) is 11.9 Å². The van der Waals surface area contributed by atoms with E-state index in [-0.39, 0.29) is 18.2 Å². The molecule has 134 valence electrons. The minimum absolute atomic E-state index is 0.165. The molecule has 1 unspecified atom stereocenters. The third-order valence-electron chi connectivity index (χ3n) is 4.80. The number of amides is 2. The maximum atomic E-state index is 12.8. The molecule has 2 aliphatic rings. The normalized spacial score (nSPS) is 21.5. The lowest BCUT2D eigenvalue weighted by Gasteiger charge is -2.36. The highest BCUT2D eigenvalue weighted by atomic mass is 35.5. The van der Waals surface area contributed by atoms with Gasteiger partial charge >= 0.3 is 0 Å². The Kier molecular flexibility index (Phi) is 4.57. The number of hydrogen-bond donors (Lipinski definition) is 0. The largest absolute Gasteiger partial charge is 0.338 e. The van der Waals surface area contributed by atoms with Crippen molar-refractivity contribution >= 4 is 35.1 Å². The smallest absolute Gasteiger partial charge is 0.251 e. The zero-order valence-electron chi connectivity index (χ0n) is 14.1. The molecule has 3 heterocycles. The summed E-state index contributed by atoms with van der Waals surface area (Å²) in [5.41, 5.74) is 0.572. The van der Waals surface area contributed by atoms with Crippen molar-refractivity contribution in [2.45, 2.75) is 12.5 Å². The van der Waals surface area contributed by atoms with Gasteiger partial charge in [0.15, 0.2) is 0 Å². The van der Waals surface area contributed by atoms with Gasteiger partial charge in [-0.3, -0.25) is 14.5 Å². The average molecular weight is 372 g/mol. The lowest BCUT2D eigenvalue weighted by molar-refractivity contribution is -0.123. The van der Waals surface area contributed by atoms with Crippen molar-refractivity contribution < 1.29 is 9.59 Å². The Morgan fingerprint density at radius 2 is 1.62 bits per heavy atom. The van der Waals surface area contributed by atoms with Crippen molar-refractivity contribution in [3.05, 3.63) is 47.7 Å². The second-order valence-electron chi connectivity index (χ2n) is 6.34. The molecule has 8 heteroatoms. The molecule has 2 aliphatic heterocycles. The fourth-order valence-corrected chi connectivity index (χ4v) is 3.58. The zero-order valence-corrected chi connectivity index (χ0v) is 14.8. The minimum atomic E-state index is -0.406. The van der Waals surface area contributed by atoms with Crippen LogP contribution in [-0.2, 0) is 9.59 Å². The molecule has 2 amide bonds. The van der Waals surface area contributed by atoms with Gasteiger partial charge in [0.1, 0.15) is 0 Å². The Labute approximate surface area is 156 Å². The van der Waals surface area contributed by atoms with Crippen LogP contribution in [0, 0.1) is 0 Å². The molecule has 2 aromatic rings. The van der Waals surface area contributed by atoms with Crippen LogP contribution in [0.2, 0.25) is 5.02 Å². The van der Waals surface area contributed by atoms with Crippen LogP contribution in [0.25, 0.3) is 0 Å². The molecule has 2 fully saturated rings. The topological polar surface area (TPSA) is 69.6 Å². The Morgan fingerprint density at radius 1 is 0.962 bits per heavy atom. The van der Waals surface area contributed by atoms with Crippen LogP contribution in [0.5, 0.6) is 0 Å². The van der Waals surface area contributed by atoms with Crippen molar-refractivity contribution in [3.63, 3.8) is 0 Å². The van der Waals surface area contributed by atoms with Crippen molar-refractivity contribution in [3.8, 4) is 0 Å². The third-order valence-corrected chi connectivity index (χ3v) is 5.05. The second-order valence-corrected chi connectivity index (χ2v) is 6.77. The van der Waals surface area contributed by atoms with Gasteiger partial charge in [-0.2, -0.15) is 0 Å². The predicted molar refractivity (Wildman–Crippen MR) is 98.2 cm³/mol. The summed E-state index contributed by atoms with van der Waals surface area (Å²) in [6, 6.07) is 8.15. The fraction of sp³-hybridized carbons (Fsp3) is 0.333. The van der Waals surface area contributed by atoms with Crippen LogP contribution in [0.3, 0.4) is 0 Å².